The molecule has 2 fully saturated rings. The van der Waals surface area contributed by atoms with Crippen molar-refractivity contribution in [2.24, 2.45) is 5.92 Å². The van der Waals surface area contributed by atoms with Gasteiger partial charge in [0, 0.05) is 46.0 Å². The van der Waals surface area contributed by atoms with Gasteiger partial charge in [-0.1, -0.05) is 6.42 Å². The van der Waals surface area contributed by atoms with Crippen molar-refractivity contribution in [3.05, 3.63) is 30.1 Å². The molecule has 0 radical (unpaired) electrons. The fourth-order valence-corrected chi connectivity index (χ4v) is 5.53. The molecule has 1 aromatic heterocycles. The van der Waals surface area contributed by atoms with E-state index in [1.165, 1.54) is 6.42 Å². The number of ketones is 1. The molecule has 0 N–H and O–H groups in total. The van der Waals surface area contributed by atoms with Crippen LogP contribution < -0.4 is 0 Å². The number of rotatable bonds is 3. The van der Waals surface area contributed by atoms with Crippen LogP contribution >= 0.6 is 0 Å². The highest BCUT2D eigenvalue weighted by molar-refractivity contribution is 7.86. The Kier molecular flexibility index (Phi) is 3.78. The van der Waals surface area contributed by atoms with Crippen LogP contribution in [0.15, 0.2) is 24.5 Å². The van der Waals surface area contributed by atoms with Crippen molar-refractivity contribution in [3.63, 3.8) is 0 Å². The maximum atomic E-state index is 12.4. The first-order valence-electron chi connectivity index (χ1n) is 7.05. The van der Waals surface area contributed by atoms with E-state index >= 15 is 0 Å². The molecule has 102 valence electrons. The summed E-state index contributed by atoms with van der Waals surface area (Å²) in [5.74, 6) is 0.445. The molecule has 1 aromatic rings. The van der Waals surface area contributed by atoms with E-state index in [2.05, 4.69) is 4.98 Å². The monoisotopic (exact) mass is 277 g/mol. The molecular formula is C15H19NO2S. The Hall–Kier alpha value is -1.03. The van der Waals surface area contributed by atoms with Crippen LogP contribution in [0.5, 0.6) is 0 Å². The summed E-state index contributed by atoms with van der Waals surface area (Å²) in [4.78, 5) is 16.4. The molecule has 2 atom stereocenters. The number of aromatic nitrogens is 1. The molecular weight excluding hydrogens is 258 g/mol. The molecule has 2 bridgehead atoms. The van der Waals surface area contributed by atoms with Gasteiger partial charge in [0.05, 0.1) is 0 Å². The lowest BCUT2D eigenvalue weighted by Gasteiger charge is -2.37. The van der Waals surface area contributed by atoms with E-state index in [0.29, 0.717) is 12.2 Å². The second kappa shape index (κ2) is 5.53. The van der Waals surface area contributed by atoms with E-state index in [1.807, 2.05) is 12.1 Å². The van der Waals surface area contributed by atoms with E-state index in [-0.39, 0.29) is 16.4 Å². The molecule has 2 saturated heterocycles. The SMILES string of the molecule is O=C(Cc1ccncc1)C1CC2CCCC(C1)S2=O. The van der Waals surface area contributed by atoms with Crippen LogP contribution in [0.1, 0.15) is 37.7 Å². The number of carbonyl (C=O) groups excluding carboxylic acids is 1. The van der Waals surface area contributed by atoms with Gasteiger partial charge in [0.2, 0.25) is 0 Å². The van der Waals surface area contributed by atoms with Crippen molar-refractivity contribution in [1.29, 1.82) is 0 Å². The van der Waals surface area contributed by atoms with Crippen LogP contribution in [0.3, 0.4) is 0 Å². The maximum Gasteiger partial charge on any atom is 0.140 e. The van der Waals surface area contributed by atoms with Crippen LogP contribution in [0.25, 0.3) is 0 Å². The van der Waals surface area contributed by atoms with Crippen molar-refractivity contribution in [1.82, 2.24) is 4.98 Å². The number of pyridine rings is 1. The van der Waals surface area contributed by atoms with Crippen molar-refractivity contribution in [2.45, 2.75) is 49.0 Å². The molecule has 19 heavy (non-hydrogen) atoms. The summed E-state index contributed by atoms with van der Waals surface area (Å²) in [6.45, 7) is 0. The summed E-state index contributed by atoms with van der Waals surface area (Å²) in [6.07, 6.45) is 8.91. The predicted molar refractivity (Wildman–Crippen MR) is 75.2 cm³/mol. The van der Waals surface area contributed by atoms with Gasteiger partial charge >= 0.3 is 0 Å². The lowest BCUT2D eigenvalue weighted by Crippen LogP contribution is -2.41. The third-order valence-corrected chi connectivity index (χ3v) is 6.56. The normalized spacial score (nSPS) is 33.9. The third-order valence-electron chi connectivity index (χ3n) is 4.39. The molecule has 0 saturated carbocycles. The molecule has 2 aliphatic heterocycles. The summed E-state index contributed by atoms with van der Waals surface area (Å²) in [5.41, 5.74) is 1.04. The first-order chi connectivity index (χ1) is 9.24. The Bertz CT molecular complexity index is 472. The van der Waals surface area contributed by atoms with E-state index in [0.717, 1.165) is 31.2 Å². The van der Waals surface area contributed by atoms with Gasteiger partial charge in [-0.05, 0) is 43.4 Å². The second-order valence-corrected chi connectivity index (χ2v) is 7.66. The number of Topliss-reactive ketones (excluding diaryl/α,β-unsaturated/α-hetero) is 1. The minimum atomic E-state index is -0.682. The molecule has 0 spiro atoms. The van der Waals surface area contributed by atoms with Crippen LogP contribution in [0, 0.1) is 5.92 Å². The van der Waals surface area contributed by atoms with Gasteiger partial charge < -0.3 is 0 Å². The third kappa shape index (κ3) is 2.78. The number of carbonyl (C=O) groups is 1. The number of fused-ring (bicyclic) bond motifs is 2. The summed E-state index contributed by atoms with van der Waals surface area (Å²) in [7, 11) is -0.682. The molecule has 3 rings (SSSR count). The van der Waals surface area contributed by atoms with Crippen molar-refractivity contribution >= 4 is 16.6 Å². The smallest absolute Gasteiger partial charge is 0.140 e. The molecule has 4 heteroatoms. The van der Waals surface area contributed by atoms with Crippen LogP contribution in [-0.2, 0) is 22.0 Å². The quantitative estimate of drug-likeness (QED) is 0.851. The lowest BCUT2D eigenvalue weighted by atomic mass is 9.85. The highest BCUT2D eigenvalue weighted by Crippen LogP contribution is 2.37. The van der Waals surface area contributed by atoms with E-state index < -0.39 is 10.8 Å². The van der Waals surface area contributed by atoms with Gasteiger partial charge in [-0.2, -0.15) is 0 Å². The largest absolute Gasteiger partial charge is 0.299 e. The molecule has 3 heterocycles. The molecule has 2 unspecified atom stereocenters. The Balaban J connectivity index is 1.66. The fourth-order valence-electron chi connectivity index (χ4n) is 3.34. The van der Waals surface area contributed by atoms with Crippen LogP contribution in [0.2, 0.25) is 0 Å². The van der Waals surface area contributed by atoms with Gasteiger partial charge in [-0.15, -0.1) is 0 Å². The van der Waals surface area contributed by atoms with Crippen molar-refractivity contribution in [3.8, 4) is 0 Å². The van der Waals surface area contributed by atoms with Crippen molar-refractivity contribution < 1.29 is 9.00 Å². The van der Waals surface area contributed by atoms with Gasteiger partial charge in [0.1, 0.15) is 5.78 Å². The molecule has 2 aliphatic rings. The van der Waals surface area contributed by atoms with Gasteiger partial charge in [0.25, 0.3) is 0 Å². The molecule has 0 aromatic carbocycles. The van der Waals surface area contributed by atoms with Crippen LogP contribution in [0.4, 0.5) is 0 Å². The zero-order valence-corrected chi connectivity index (χ0v) is 11.8. The molecule has 0 amide bonds. The lowest BCUT2D eigenvalue weighted by molar-refractivity contribution is -0.122. The van der Waals surface area contributed by atoms with Gasteiger partial charge in [0.15, 0.2) is 0 Å². The van der Waals surface area contributed by atoms with Crippen molar-refractivity contribution in [2.75, 3.05) is 0 Å². The van der Waals surface area contributed by atoms with E-state index in [4.69, 9.17) is 0 Å². The molecule has 0 aliphatic carbocycles. The highest BCUT2D eigenvalue weighted by Gasteiger charge is 2.40. The summed E-state index contributed by atoms with van der Waals surface area (Å²) in [6, 6.07) is 3.80. The standard InChI is InChI=1S/C15H19NO2S/c17-15(8-11-4-6-16-7-5-11)12-9-13-2-1-3-14(10-12)19(13)18/h4-7,12-14H,1-3,8-10H2. The van der Waals surface area contributed by atoms with Gasteiger partial charge in [-0.3, -0.25) is 14.0 Å². The number of hydrogen-bond donors (Lipinski definition) is 0. The summed E-state index contributed by atoms with van der Waals surface area (Å²) < 4.78 is 12.1. The molecule has 3 nitrogen and oxygen atoms in total. The zero-order valence-electron chi connectivity index (χ0n) is 11.0. The average molecular weight is 277 g/mol. The fraction of sp³-hybridized carbons (Fsp3) is 0.600. The maximum absolute atomic E-state index is 12.4. The Morgan fingerprint density at radius 2 is 1.84 bits per heavy atom. The summed E-state index contributed by atoms with van der Waals surface area (Å²) in [5, 5.41) is 0.554. The van der Waals surface area contributed by atoms with E-state index in [1.54, 1.807) is 12.4 Å². The number of nitrogens with zero attached hydrogens (tertiary/aromatic N) is 1. The first-order valence-corrected chi connectivity index (χ1v) is 8.32. The predicted octanol–water partition coefficient (Wildman–Crippen LogP) is 2.27. The highest BCUT2D eigenvalue weighted by atomic mass is 32.2. The van der Waals surface area contributed by atoms with E-state index in [9.17, 15) is 9.00 Å². The minimum Gasteiger partial charge on any atom is -0.299 e. The second-order valence-electron chi connectivity index (χ2n) is 5.67. The Morgan fingerprint density at radius 3 is 2.47 bits per heavy atom. The topological polar surface area (TPSA) is 47.0 Å². The Morgan fingerprint density at radius 1 is 1.21 bits per heavy atom. The summed E-state index contributed by atoms with van der Waals surface area (Å²) >= 11 is 0. The minimum absolute atomic E-state index is 0.126. The number of hydrogen-bond acceptors (Lipinski definition) is 3. The zero-order chi connectivity index (χ0) is 13.2. The first kappa shape index (κ1) is 13.0. The Labute approximate surface area is 116 Å². The van der Waals surface area contributed by atoms with Gasteiger partial charge in [-0.25, -0.2) is 0 Å². The average Bonchev–Trinajstić information content (AvgIpc) is 2.39. The van der Waals surface area contributed by atoms with Crippen LogP contribution in [-0.4, -0.2) is 25.5 Å².